The van der Waals surface area contributed by atoms with E-state index in [-0.39, 0.29) is 5.91 Å². The average molecular weight is 397 g/mol. The lowest BCUT2D eigenvalue weighted by atomic mass is 9.99. The van der Waals surface area contributed by atoms with E-state index in [2.05, 4.69) is 34.4 Å². The lowest BCUT2D eigenvalue weighted by molar-refractivity contribution is 0.0948. The summed E-state index contributed by atoms with van der Waals surface area (Å²) < 4.78 is 2.01. The van der Waals surface area contributed by atoms with Crippen LogP contribution in [0.5, 0.6) is 0 Å². The highest BCUT2D eigenvalue weighted by Crippen LogP contribution is 2.28. The van der Waals surface area contributed by atoms with Crippen LogP contribution in [0.25, 0.3) is 10.2 Å². The second-order valence-electron chi connectivity index (χ2n) is 7.84. The Hall–Kier alpha value is -2.18. The van der Waals surface area contributed by atoms with E-state index >= 15 is 0 Å². The molecule has 6 heteroatoms. The van der Waals surface area contributed by atoms with Gasteiger partial charge in [0.15, 0.2) is 0 Å². The van der Waals surface area contributed by atoms with Crippen LogP contribution in [0.1, 0.15) is 40.7 Å². The van der Waals surface area contributed by atoms with E-state index in [0.717, 1.165) is 52.9 Å². The van der Waals surface area contributed by atoms with E-state index < -0.39 is 0 Å². The van der Waals surface area contributed by atoms with Crippen molar-refractivity contribution in [1.82, 2.24) is 20.0 Å². The molecular weight excluding hydrogens is 368 g/mol. The van der Waals surface area contributed by atoms with Crippen LogP contribution in [0.4, 0.5) is 0 Å². The number of nitrogens with zero attached hydrogens (tertiary/aromatic N) is 3. The smallest absolute Gasteiger partial charge is 0.261 e. The zero-order chi connectivity index (χ0) is 19.5. The largest absolute Gasteiger partial charge is 0.350 e. The number of fused-ring (bicyclic) bond motifs is 1. The van der Waals surface area contributed by atoms with Gasteiger partial charge in [-0.3, -0.25) is 9.48 Å². The number of amides is 1. The van der Waals surface area contributed by atoms with Crippen LogP contribution < -0.4 is 5.32 Å². The van der Waals surface area contributed by atoms with Crippen molar-refractivity contribution in [1.29, 1.82) is 0 Å². The van der Waals surface area contributed by atoms with Gasteiger partial charge in [0, 0.05) is 18.5 Å². The van der Waals surface area contributed by atoms with E-state index in [9.17, 15) is 4.79 Å². The number of rotatable bonds is 6. The molecule has 1 aliphatic heterocycles. The molecule has 1 fully saturated rings. The lowest BCUT2D eigenvalue weighted by Gasteiger charge is -2.30. The first-order chi connectivity index (χ1) is 13.6. The van der Waals surface area contributed by atoms with Gasteiger partial charge in [0.05, 0.1) is 17.1 Å². The number of benzene rings is 1. The Balaban J connectivity index is 1.40. The summed E-state index contributed by atoms with van der Waals surface area (Å²) in [5.74, 6) is 0.861. The maximum absolute atomic E-state index is 12.6. The SMILES string of the molecule is Cc1nn(Cc2ccccc2)c2sc(C(=O)NCCN3CCC(C)CC3)cc12. The highest BCUT2D eigenvalue weighted by molar-refractivity contribution is 7.20. The molecule has 0 atom stereocenters. The molecule has 3 heterocycles. The third kappa shape index (κ3) is 4.28. The maximum atomic E-state index is 12.6. The number of aromatic nitrogens is 2. The monoisotopic (exact) mass is 396 g/mol. The predicted molar refractivity (Wildman–Crippen MR) is 115 cm³/mol. The standard InChI is InChI=1S/C22H28N4OS/c1-16-8-11-25(12-9-16)13-10-23-21(27)20-14-19-17(2)24-26(22(19)28-20)15-18-6-4-3-5-7-18/h3-7,14,16H,8-13,15H2,1-2H3,(H,23,27). The van der Waals surface area contributed by atoms with Crippen LogP contribution in [-0.4, -0.2) is 46.8 Å². The molecule has 0 aliphatic carbocycles. The second-order valence-corrected chi connectivity index (χ2v) is 8.87. The molecule has 1 amide bonds. The van der Waals surface area contributed by atoms with E-state index in [1.54, 1.807) is 0 Å². The molecule has 4 rings (SSSR count). The molecule has 1 aromatic carbocycles. The Morgan fingerprint density at radius 2 is 2.00 bits per heavy atom. The minimum absolute atomic E-state index is 0.0252. The highest BCUT2D eigenvalue weighted by Gasteiger charge is 2.18. The number of likely N-dealkylation sites (tertiary alicyclic amines) is 1. The van der Waals surface area contributed by atoms with Crippen LogP contribution in [0, 0.1) is 12.8 Å². The number of aryl methyl sites for hydroxylation is 1. The molecule has 0 bridgehead atoms. The van der Waals surface area contributed by atoms with Crippen LogP contribution in [0.2, 0.25) is 0 Å². The third-order valence-corrected chi connectivity index (χ3v) is 6.74. The zero-order valence-corrected chi connectivity index (χ0v) is 17.5. The summed E-state index contributed by atoms with van der Waals surface area (Å²) in [6.07, 6.45) is 2.53. The molecule has 28 heavy (non-hydrogen) atoms. The number of nitrogens with one attached hydrogen (secondary N) is 1. The summed E-state index contributed by atoms with van der Waals surface area (Å²) in [7, 11) is 0. The van der Waals surface area contributed by atoms with Gasteiger partial charge in [0.25, 0.3) is 5.91 Å². The molecule has 0 saturated carbocycles. The van der Waals surface area contributed by atoms with Crippen molar-refractivity contribution in [3.8, 4) is 0 Å². The summed E-state index contributed by atoms with van der Waals surface area (Å²) >= 11 is 1.53. The molecule has 0 radical (unpaired) electrons. The molecule has 0 unspecified atom stereocenters. The minimum atomic E-state index is 0.0252. The van der Waals surface area contributed by atoms with Gasteiger partial charge >= 0.3 is 0 Å². The quantitative estimate of drug-likeness (QED) is 0.687. The van der Waals surface area contributed by atoms with Crippen molar-refractivity contribution in [2.75, 3.05) is 26.2 Å². The van der Waals surface area contributed by atoms with Crippen molar-refractivity contribution in [2.45, 2.75) is 33.2 Å². The fourth-order valence-electron chi connectivity index (χ4n) is 3.79. The van der Waals surface area contributed by atoms with Gasteiger partial charge in [-0.25, -0.2) is 0 Å². The van der Waals surface area contributed by atoms with E-state index in [4.69, 9.17) is 0 Å². The van der Waals surface area contributed by atoms with E-state index in [0.29, 0.717) is 6.54 Å². The first kappa shape index (κ1) is 19.2. The first-order valence-electron chi connectivity index (χ1n) is 10.1. The number of hydrogen-bond acceptors (Lipinski definition) is 4. The Morgan fingerprint density at radius 1 is 1.25 bits per heavy atom. The van der Waals surface area contributed by atoms with Gasteiger partial charge in [-0.1, -0.05) is 37.3 Å². The number of thiophene rings is 1. The number of carbonyl (C=O) groups is 1. The Morgan fingerprint density at radius 3 is 2.75 bits per heavy atom. The maximum Gasteiger partial charge on any atom is 0.261 e. The summed E-state index contributed by atoms with van der Waals surface area (Å²) in [4.78, 5) is 16.9. The molecule has 148 valence electrons. The van der Waals surface area contributed by atoms with E-state index in [1.807, 2.05) is 35.9 Å². The zero-order valence-electron chi connectivity index (χ0n) is 16.6. The number of piperidine rings is 1. The Kier molecular flexibility index (Phi) is 5.78. The van der Waals surface area contributed by atoms with Crippen LogP contribution in [0.3, 0.4) is 0 Å². The summed E-state index contributed by atoms with van der Waals surface area (Å²) in [5.41, 5.74) is 2.19. The molecule has 0 spiro atoms. The van der Waals surface area contributed by atoms with Gasteiger partial charge in [-0.05, 0) is 50.4 Å². The van der Waals surface area contributed by atoms with Gasteiger partial charge in [0.2, 0.25) is 0 Å². The molecule has 2 aromatic heterocycles. The summed E-state index contributed by atoms with van der Waals surface area (Å²) in [6, 6.07) is 12.3. The van der Waals surface area contributed by atoms with Crippen molar-refractivity contribution >= 4 is 27.5 Å². The van der Waals surface area contributed by atoms with Crippen molar-refractivity contribution < 1.29 is 4.79 Å². The molecule has 1 N–H and O–H groups in total. The number of hydrogen-bond donors (Lipinski definition) is 1. The molecular formula is C22H28N4OS. The summed E-state index contributed by atoms with van der Waals surface area (Å²) in [5, 5.41) is 8.84. The summed E-state index contributed by atoms with van der Waals surface area (Å²) in [6.45, 7) is 8.99. The fraction of sp³-hybridized carbons (Fsp3) is 0.455. The van der Waals surface area contributed by atoms with Crippen molar-refractivity contribution in [2.24, 2.45) is 5.92 Å². The topological polar surface area (TPSA) is 50.2 Å². The Bertz CT molecular complexity index is 938. The fourth-order valence-corrected chi connectivity index (χ4v) is 4.87. The van der Waals surface area contributed by atoms with Crippen molar-refractivity contribution in [3.05, 3.63) is 52.5 Å². The van der Waals surface area contributed by atoms with Gasteiger partial charge in [-0.2, -0.15) is 5.10 Å². The van der Waals surface area contributed by atoms with Crippen LogP contribution in [0.15, 0.2) is 36.4 Å². The average Bonchev–Trinajstić information content (AvgIpc) is 3.26. The molecule has 3 aromatic rings. The van der Waals surface area contributed by atoms with E-state index in [1.165, 1.54) is 29.7 Å². The Labute approximate surface area is 170 Å². The first-order valence-corrected chi connectivity index (χ1v) is 10.9. The van der Waals surface area contributed by atoms with Gasteiger partial charge in [-0.15, -0.1) is 11.3 Å². The molecule has 5 nitrogen and oxygen atoms in total. The molecule has 1 saturated heterocycles. The normalized spacial score (nSPS) is 15.9. The van der Waals surface area contributed by atoms with Crippen LogP contribution >= 0.6 is 11.3 Å². The molecule has 1 aliphatic rings. The van der Waals surface area contributed by atoms with Gasteiger partial charge in [0.1, 0.15) is 4.83 Å². The highest BCUT2D eigenvalue weighted by atomic mass is 32.1. The van der Waals surface area contributed by atoms with Gasteiger partial charge < -0.3 is 10.2 Å². The second kappa shape index (κ2) is 8.45. The lowest BCUT2D eigenvalue weighted by Crippen LogP contribution is -2.39. The predicted octanol–water partition coefficient (Wildman–Crippen LogP) is 3.92. The van der Waals surface area contributed by atoms with Crippen LogP contribution in [-0.2, 0) is 6.54 Å². The third-order valence-electron chi connectivity index (χ3n) is 5.60. The minimum Gasteiger partial charge on any atom is -0.350 e. The van der Waals surface area contributed by atoms with Crippen molar-refractivity contribution in [3.63, 3.8) is 0 Å². The number of carbonyl (C=O) groups excluding carboxylic acids is 1.